The lowest BCUT2D eigenvalue weighted by molar-refractivity contribution is -0.163. The zero-order valence-electron chi connectivity index (χ0n) is 14.6. The second kappa shape index (κ2) is 6.48. The van der Waals surface area contributed by atoms with Crippen molar-refractivity contribution >= 4 is 29.2 Å². The van der Waals surface area contributed by atoms with Gasteiger partial charge in [0.2, 0.25) is 5.91 Å². The highest BCUT2D eigenvalue weighted by molar-refractivity contribution is 6.15. The fourth-order valence-corrected chi connectivity index (χ4v) is 3.09. The highest BCUT2D eigenvalue weighted by Crippen LogP contribution is 2.37. The highest BCUT2D eigenvalue weighted by atomic mass is 16.6. The van der Waals surface area contributed by atoms with Crippen LogP contribution < -0.4 is 10.2 Å². The molecule has 0 unspecified atom stereocenters. The minimum Gasteiger partial charge on any atom is -0.451 e. The minimum absolute atomic E-state index is 0.294. The van der Waals surface area contributed by atoms with E-state index in [0.29, 0.717) is 24.4 Å². The van der Waals surface area contributed by atoms with Crippen LogP contribution in [0.1, 0.15) is 33.6 Å². The molecule has 7 heteroatoms. The zero-order chi connectivity index (χ0) is 18.2. The first-order valence-electron chi connectivity index (χ1n) is 8.39. The first-order chi connectivity index (χ1) is 11.8. The van der Waals surface area contributed by atoms with E-state index in [1.54, 1.807) is 38.1 Å². The number of rotatable bonds is 3. The van der Waals surface area contributed by atoms with Gasteiger partial charge in [0.05, 0.1) is 11.4 Å². The van der Waals surface area contributed by atoms with Crippen molar-refractivity contribution in [2.45, 2.75) is 51.4 Å². The summed E-state index contributed by atoms with van der Waals surface area (Å²) in [5, 5.41) is 2.80. The van der Waals surface area contributed by atoms with Gasteiger partial charge in [-0.15, -0.1) is 0 Å². The van der Waals surface area contributed by atoms with Crippen molar-refractivity contribution in [2.24, 2.45) is 0 Å². The molecule has 0 bridgehead atoms. The lowest BCUT2D eigenvalue weighted by atomic mass is 9.95. The maximum absolute atomic E-state index is 13.0. The molecule has 1 saturated heterocycles. The van der Waals surface area contributed by atoms with E-state index in [-0.39, 0.29) is 5.91 Å². The molecule has 25 heavy (non-hydrogen) atoms. The Hall–Kier alpha value is -2.41. The second-order valence-corrected chi connectivity index (χ2v) is 6.78. The van der Waals surface area contributed by atoms with E-state index >= 15 is 0 Å². The molecule has 134 valence electrons. The summed E-state index contributed by atoms with van der Waals surface area (Å²) in [7, 11) is 0. The molecule has 0 aliphatic carbocycles. The Morgan fingerprint density at radius 3 is 2.76 bits per heavy atom. The van der Waals surface area contributed by atoms with Crippen molar-refractivity contribution in [1.82, 2.24) is 0 Å². The van der Waals surface area contributed by atoms with E-state index in [1.807, 2.05) is 0 Å². The van der Waals surface area contributed by atoms with Gasteiger partial charge in [-0.3, -0.25) is 14.5 Å². The summed E-state index contributed by atoms with van der Waals surface area (Å²) in [6.45, 7) is 5.35. The largest absolute Gasteiger partial charge is 0.451 e. The predicted molar refractivity (Wildman–Crippen MR) is 91.2 cm³/mol. The number of amides is 2. The number of hydrogen-bond donors (Lipinski definition) is 1. The number of benzene rings is 1. The Morgan fingerprint density at radius 1 is 1.36 bits per heavy atom. The van der Waals surface area contributed by atoms with Gasteiger partial charge in [0, 0.05) is 6.61 Å². The van der Waals surface area contributed by atoms with Gasteiger partial charge in [-0.05, 0) is 45.7 Å². The molecule has 2 aliphatic rings. The summed E-state index contributed by atoms with van der Waals surface area (Å²) in [6, 6.07) is 7.05. The first kappa shape index (κ1) is 17.4. The molecule has 7 nitrogen and oxygen atoms in total. The number of hydrogen-bond acceptors (Lipinski definition) is 5. The van der Waals surface area contributed by atoms with E-state index in [2.05, 4.69) is 5.32 Å². The summed E-state index contributed by atoms with van der Waals surface area (Å²) in [5.41, 5.74) is 0.0330. The molecule has 2 heterocycles. The van der Waals surface area contributed by atoms with E-state index < -0.39 is 29.6 Å². The van der Waals surface area contributed by atoms with Gasteiger partial charge >= 0.3 is 5.97 Å². The molecule has 0 aromatic heterocycles. The summed E-state index contributed by atoms with van der Waals surface area (Å²) >= 11 is 0. The lowest BCUT2D eigenvalue weighted by Crippen LogP contribution is -2.60. The summed E-state index contributed by atoms with van der Waals surface area (Å²) in [5.74, 6) is -1.28. The van der Waals surface area contributed by atoms with E-state index in [4.69, 9.17) is 9.47 Å². The average Bonchev–Trinajstić information content (AvgIpc) is 3.10. The van der Waals surface area contributed by atoms with Crippen molar-refractivity contribution in [2.75, 3.05) is 16.8 Å². The highest BCUT2D eigenvalue weighted by Gasteiger charge is 2.45. The molecule has 0 spiro atoms. The maximum atomic E-state index is 13.0. The first-order valence-corrected chi connectivity index (χ1v) is 8.39. The lowest BCUT2D eigenvalue weighted by Gasteiger charge is -2.42. The van der Waals surface area contributed by atoms with Gasteiger partial charge in [-0.25, -0.2) is 4.79 Å². The summed E-state index contributed by atoms with van der Waals surface area (Å²) in [4.78, 5) is 38.9. The Bertz CT molecular complexity index is 709. The van der Waals surface area contributed by atoms with Crippen LogP contribution in [0.5, 0.6) is 0 Å². The number of nitrogens with zero attached hydrogens (tertiary/aromatic N) is 1. The van der Waals surface area contributed by atoms with Crippen LogP contribution in [0.2, 0.25) is 0 Å². The number of carbonyl (C=O) groups excluding carboxylic acids is 3. The molecule has 2 atom stereocenters. The molecule has 1 aromatic carbocycles. The summed E-state index contributed by atoms with van der Waals surface area (Å²) < 4.78 is 10.6. The monoisotopic (exact) mass is 346 g/mol. The maximum Gasteiger partial charge on any atom is 0.336 e. The van der Waals surface area contributed by atoms with Crippen LogP contribution >= 0.6 is 0 Å². The molecule has 1 N–H and O–H groups in total. The van der Waals surface area contributed by atoms with Gasteiger partial charge in [-0.2, -0.15) is 0 Å². The standard InChI is InChI=1S/C18H22N2O5/c1-11(25-16(22)14-9-6-10-24-14)15(21)20-13-8-5-4-7-12(13)19-17(23)18(20,2)3/h4-5,7-8,11,14H,6,9-10H2,1-3H3,(H,19,23)/t11-,14+/m0/s1. The Labute approximate surface area is 146 Å². The van der Waals surface area contributed by atoms with Crippen LogP contribution in [-0.4, -0.2) is 42.1 Å². The topological polar surface area (TPSA) is 84.9 Å². The minimum atomic E-state index is -1.10. The van der Waals surface area contributed by atoms with Crippen LogP contribution in [0.3, 0.4) is 0 Å². The van der Waals surface area contributed by atoms with Crippen molar-refractivity contribution in [3.63, 3.8) is 0 Å². The number of anilines is 2. The molecule has 2 amide bonds. The predicted octanol–water partition coefficient (Wildman–Crippen LogP) is 1.86. The van der Waals surface area contributed by atoms with Gasteiger partial charge in [0.15, 0.2) is 12.2 Å². The quantitative estimate of drug-likeness (QED) is 0.845. The van der Waals surface area contributed by atoms with Crippen molar-refractivity contribution in [1.29, 1.82) is 0 Å². The number of carbonyl (C=O) groups is 3. The third-order valence-electron chi connectivity index (χ3n) is 4.56. The number of esters is 1. The fraction of sp³-hybridized carbons (Fsp3) is 0.500. The van der Waals surface area contributed by atoms with Crippen molar-refractivity contribution in [3.05, 3.63) is 24.3 Å². The smallest absolute Gasteiger partial charge is 0.336 e. The molecule has 2 aliphatic heterocycles. The second-order valence-electron chi connectivity index (χ2n) is 6.78. The molecule has 1 aromatic rings. The number of para-hydroxylation sites is 2. The summed E-state index contributed by atoms with van der Waals surface area (Å²) in [6.07, 6.45) is -0.232. The normalized spacial score (nSPS) is 22.8. The average molecular weight is 346 g/mol. The van der Waals surface area contributed by atoms with Crippen molar-refractivity contribution in [3.8, 4) is 0 Å². The van der Waals surface area contributed by atoms with Crippen LogP contribution in [0, 0.1) is 0 Å². The molecule has 1 fully saturated rings. The fourth-order valence-electron chi connectivity index (χ4n) is 3.09. The number of ether oxygens (including phenoxy) is 2. The van der Waals surface area contributed by atoms with Crippen LogP contribution in [-0.2, 0) is 23.9 Å². The van der Waals surface area contributed by atoms with Crippen LogP contribution in [0.15, 0.2) is 24.3 Å². The van der Waals surface area contributed by atoms with Crippen molar-refractivity contribution < 1.29 is 23.9 Å². The molecular weight excluding hydrogens is 324 g/mol. The van der Waals surface area contributed by atoms with Gasteiger partial charge in [-0.1, -0.05) is 12.1 Å². The zero-order valence-corrected chi connectivity index (χ0v) is 14.6. The molecule has 0 saturated carbocycles. The van der Waals surface area contributed by atoms with Gasteiger partial charge < -0.3 is 14.8 Å². The van der Waals surface area contributed by atoms with E-state index in [1.165, 1.54) is 11.8 Å². The third kappa shape index (κ3) is 3.11. The van der Waals surface area contributed by atoms with E-state index in [9.17, 15) is 14.4 Å². The van der Waals surface area contributed by atoms with Gasteiger partial charge in [0.25, 0.3) is 5.91 Å². The Kier molecular flexibility index (Phi) is 4.51. The van der Waals surface area contributed by atoms with Gasteiger partial charge in [0.1, 0.15) is 5.54 Å². The molecule has 3 rings (SSSR count). The SMILES string of the molecule is C[C@H](OC(=O)[C@H]1CCCO1)C(=O)N1c2ccccc2NC(=O)C1(C)C. The Balaban J connectivity index is 1.84. The molecule has 0 radical (unpaired) electrons. The van der Waals surface area contributed by atoms with Crippen LogP contribution in [0.25, 0.3) is 0 Å². The Morgan fingerprint density at radius 2 is 2.08 bits per heavy atom. The molecular formula is C18H22N2O5. The number of fused-ring (bicyclic) bond motifs is 1. The van der Waals surface area contributed by atoms with Crippen LogP contribution in [0.4, 0.5) is 11.4 Å². The third-order valence-corrected chi connectivity index (χ3v) is 4.56. The number of nitrogens with one attached hydrogen (secondary N) is 1. The van der Waals surface area contributed by atoms with E-state index in [0.717, 1.165) is 6.42 Å².